The molecule has 1 aliphatic heterocycles. The van der Waals surface area contributed by atoms with E-state index in [2.05, 4.69) is 5.32 Å². The van der Waals surface area contributed by atoms with Gasteiger partial charge in [-0.05, 0) is 6.92 Å². The van der Waals surface area contributed by atoms with E-state index < -0.39 is 11.9 Å². The normalized spacial score (nSPS) is 32.1. The van der Waals surface area contributed by atoms with Gasteiger partial charge in [-0.15, -0.1) is 0 Å². The maximum Gasteiger partial charge on any atom is 0.225 e. The molecule has 0 saturated carbocycles. The van der Waals surface area contributed by atoms with Crippen molar-refractivity contribution >= 4 is 12.1 Å². The summed E-state index contributed by atoms with van der Waals surface area (Å²) in [6.07, 6.45) is -0.272. The Morgan fingerprint density at radius 1 is 1.80 bits per heavy atom. The molecule has 0 aliphatic carbocycles. The summed E-state index contributed by atoms with van der Waals surface area (Å²) in [5, 5.41) is 2.88. The van der Waals surface area contributed by atoms with Crippen LogP contribution in [0.25, 0.3) is 0 Å². The second-order valence-electron chi connectivity index (χ2n) is 2.24. The van der Waals surface area contributed by atoms with Gasteiger partial charge in [0, 0.05) is 6.04 Å². The summed E-state index contributed by atoms with van der Waals surface area (Å²) in [6.45, 7) is 2.16. The Bertz CT molecular complexity index is 157. The molecule has 2 unspecified atom stereocenters. The lowest BCUT2D eigenvalue weighted by molar-refractivity contribution is -0.136. The molecular weight excluding hydrogens is 134 g/mol. The Kier molecular flexibility index (Phi) is 2.13. The fourth-order valence-corrected chi connectivity index (χ4v) is 0.916. The second-order valence-corrected chi connectivity index (χ2v) is 2.24. The third kappa shape index (κ3) is 1.22. The first-order valence-corrected chi connectivity index (χ1v) is 3.09. The number of aldehydes is 1. The van der Waals surface area contributed by atoms with Crippen LogP contribution in [0.15, 0.2) is 0 Å². The first-order chi connectivity index (χ1) is 4.75. The van der Waals surface area contributed by atoms with E-state index in [1.54, 1.807) is 6.92 Å². The summed E-state index contributed by atoms with van der Waals surface area (Å²) in [7, 11) is 0. The van der Waals surface area contributed by atoms with E-state index in [-0.39, 0.29) is 6.04 Å². The molecule has 0 aromatic rings. The molecule has 10 heavy (non-hydrogen) atoms. The minimum Gasteiger partial charge on any atom is -0.353 e. The van der Waals surface area contributed by atoms with E-state index >= 15 is 0 Å². The van der Waals surface area contributed by atoms with Gasteiger partial charge in [0.2, 0.25) is 5.78 Å². The highest BCUT2D eigenvalue weighted by molar-refractivity contribution is 6.27. The van der Waals surface area contributed by atoms with Gasteiger partial charge in [0.15, 0.2) is 6.29 Å². The van der Waals surface area contributed by atoms with Crippen molar-refractivity contribution in [1.29, 1.82) is 0 Å². The lowest BCUT2D eigenvalue weighted by Crippen LogP contribution is -2.34. The Labute approximate surface area is 58.5 Å². The van der Waals surface area contributed by atoms with Crippen LogP contribution in [0.4, 0.5) is 0 Å². The molecule has 0 radical (unpaired) electrons. The minimum absolute atomic E-state index is 0.0438. The topological polar surface area (TPSA) is 55.4 Å². The molecule has 0 bridgehead atoms. The van der Waals surface area contributed by atoms with Gasteiger partial charge in [-0.3, -0.25) is 14.9 Å². The van der Waals surface area contributed by atoms with E-state index in [1.165, 1.54) is 0 Å². The van der Waals surface area contributed by atoms with Crippen molar-refractivity contribution in [2.24, 2.45) is 0 Å². The Balaban J connectivity index is 2.54. The molecule has 1 aliphatic rings. The van der Waals surface area contributed by atoms with Gasteiger partial charge < -0.3 is 4.74 Å². The van der Waals surface area contributed by atoms with Crippen LogP contribution in [0.5, 0.6) is 0 Å². The van der Waals surface area contributed by atoms with Crippen LogP contribution in [0.3, 0.4) is 0 Å². The van der Waals surface area contributed by atoms with Crippen molar-refractivity contribution < 1.29 is 14.3 Å². The van der Waals surface area contributed by atoms with E-state index in [0.717, 1.165) is 0 Å². The van der Waals surface area contributed by atoms with E-state index in [9.17, 15) is 9.59 Å². The smallest absolute Gasteiger partial charge is 0.225 e. The van der Waals surface area contributed by atoms with Crippen LogP contribution in [-0.4, -0.2) is 30.9 Å². The predicted molar refractivity (Wildman–Crippen MR) is 33.4 cm³/mol. The Hall–Kier alpha value is -0.740. The third-order valence-electron chi connectivity index (χ3n) is 1.52. The molecule has 4 nitrogen and oxygen atoms in total. The van der Waals surface area contributed by atoms with Crippen molar-refractivity contribution in [3.05, 3.63) is 0 Å². The summed E-state index contributed by atoms with van der Waals surface area (Å²) in [6, 6.07) is -0.0438. The van der Waals surface area contributed by atoms with Crippen LogP contribution in [-0.2, 0) is 14.3 Å². The maximum absolute atomic E-state index is 10.7. The zero-order valence-corrected chi connectivity index (χ0v) is 5.66. The highest BCUT2D eigenvalue weighted by atomic mass is 16.5. The van der Waals surface area contributed by atoms with Crippen LogP contribution in [0.2, 0.25) is 0 Å². The van der Waals surface area contributed by atoms with Gasteiger partial charge in [0.05, 0.1) is 6.73 Å². The molecule has 4 heteroatoms. The highest BCUT2D eigenvalue weighted by Crippen LogP contribution is 2.05. The highest BCUT2D eigenvalue weighted by Gasteiger charge is 2.29. The molecule has 0 aromatic heterocycles. The second kappa shape index (κ2) is 2.90. The summed E-state index contributed by atoms with van der Waals surface area (Å²) < 4.78 is 4.93. The molecule has 1 saturated heterocycles. The van der Waals surface area contributed by atoms with E-state index in [0.29, 0.717) is 13.0 Å². The maximum atomic E-state index is 10.7. The molecule has 0 amide bonds. The summed E-state index contributed by atoms with van der Waals surface area (Å²) in [5.74, 6) is -0.488. The molecule has 1 heterocycles. The molecule has 0 spiro atoms. The minimum atomic E-state index is -0.572. The molecule has 1 N–H and O–H groups in total. The number of ketones is 1. The lowest BCUT2D eigenvalue weighted by atomic mass is 10.1. The summed E-state index contributed by atoms with van der Waals surface area (Å²) >= 11 is 0. The first kappa shape index (κ1) is 7.37. The number of carbonyl (C=O) groups is 2. The van der Waals surface area contributed by atoms with Gasteiger partial charge in [-0.1, -0.05) is 0 Å². The lowest BCUT2D eigenvalue weighted by Gasteiger charge is -2.07. The standard InChI is InChI=1S/C6H9NO3/c1-4-6(5(9)2-8)10-3-7-4/h2,4,6-7H,3H2,1H3. The summed E-state index contributed by atoms with van der Waals surface area (Å²) in [4.78, 5) is 20.7. The van der Waals surface area contributed by atoms with Crippen LogP contribution < -0.4 is 5.32 Å². The predicted octanol–water partition coefficient (Wildman–Crippen LogP) is -0.911. The van der Waals surface area contributed by atoms with Crippen molar-refractivity contribution in [3.63, 3.8) is 0 Å². The Morgan fingerprint density at radius 2 is 2.50 bits per heavy atom. The average Bonchev–Trinajstić information content (AvgIpc) is 2.34. The number of carbonyl (C=O) groups excluding carboxylic acids is 2. The van der Waals surface area contributed by atoms with Crippen molar-refractivity contribution in [1.82, 2.24) is 5.32 Å². The average molecular weight is 143 g/mol. The molecule has 1 rings (SSSR count). The van der Waals surface area contributed by atoms with E-state index in [1.807, 2.05) is 0 Å². The van der Waals surface area contributed by atoms with Crippen molar-refractivity contribution in [2.45, 2.75) is 19.1 Å². The largest absolute Gasteiger partial charge is 0.353 e. The monoisotopic (exact) mass is 143 g/mol. The van der Waals surface area contributed by atoms with Gasteiger partial charge in [0.25, 0.3) is 0 Å². The number of ether oxygens (including phenoxy) is 1. The number of rotatable bonds is 2. The fraction of sp³-hybridized carbons (Fsp3) is 0.667. The first-order valence-electron chi connectivity index (χ1n) is 3.09. The fourth-order valence-electron chi connectivity index (χ4n) is 0.916. The molecule has 1 fully saturated rings. The number of hydrogen-bond acceptors (Lipinski definition) is 4. The van der Waals surface area contributed by atoms with Crippen molar-refractivity contribution in [3.8, 4) is 0 Å². The SMILES string of the molecule is CC1NCOC1C(=O)C=O. The Morgan fingerprint density at radius 3 is 2.90 bits per heavy atom. The van der Waals surface area contributed by atoms with Crippen LogP contribution in [0, 0.1) is 0 Å². The van der Waals surface area contributed by atoms with Crippen LogP contribution in [0.1, 0.15) is 6.92 Å². The van der Waals surface area contributed by atoms with E-state index in [4.69, 9.17) is 4.74 Å². The summed E-state index contributed by atoms with van der Waals surface area (Å²) in [5.41, 5.74) is 0. The van der Waals surface area contributed by atoms with Gasteiger partial charge in [0.1, 0.15) is 6.10 Å². The van der Waals surface area contributed by atoms with Gasteiger partial charge in [-0.25, -0.2) is 0 Å². The third-order valence-corrected chi connectivity index (χ3v) is 1.52. The number of hydrogen-bond donors (Lipinski definition) is 1. The van der Waals surface area contributed by atoms with Crippen molar-refractivity contribution in [2.75, 3.05) is 6.73 Å². The zero-order chi connectivity index (χ0) is 7.56. The number of Topliss-reactive ketones (excluding diaryl/α,β-unsaturated/α-hetero) is 1. The number of nitrogens with one attached hydrogen (secondary N) is 1. The van der Waals surface area contributed by atoms with Crippen LogP contribution >= 0.6 is 0 Å². The molecule has 56 valence electrons. The van der Waals surface area contributed by atoms with Gasteiger partial charge >= 0.3 is 0 Å². The zero-order valence-electron chi connectivity index (χ0n) is 5.66. The molecule has 2 atom stereocenters. The molecule has 0 aromatic carbocycles. The van der Waals surface area contributed by atoms with Gasteiger partial charge in [-0.2, -0.15) is 0 Å². The molecular formula is C6H9NO3. The quantitative estimate of drug-likeness (QED) is 0.401.